The molecule has 0 atom stereocenters. The number of rotatable bonds is 5. The van der Waals surface area contributed by atoms with Crippen LogP contribution in [0.25, 0.3) is 0 Å². The molecule has 0 radical (unpaired) electrons. The van der Waals surface area contributed by atoms with E-state index in [-0.39, 0.29) is 23.6 Å². The summed E-state index contributed by atoms with van der Waals surface area (Å²) in [5, 5.41) is 5.88. The third kappa shape index (κ3) is 4.66. The summed E-state index contributed by atoms with van der Waals surface area (Å²) >= 11 is 0. The molecule has 2 amide bonds. The molecule has 25 heavy (non-hydrogen) atoms. The summed E-state index contributed by atoms with van der Waals surface area (Å²) in [6, 6.07) is 11.4. The number of nitrogens with zero attached hydrogens (tertiary/aromatic N) is 1. The molecule has 1 aromatic carbocycles. The molecular weight excluding hydrogens is 314 g/mol. The lowest BCUT2D eigenvalue weighted by atomic mass is 10.1. The van der Waals surface area contributed by atoms with E-state index < -0.39 is 0 Å². The molecule has 3 rings (SSSR count). The van der Waals surface area contributed by atoms with Gasteiger partial charge in [-0.05, 0) is 37.5 Å². The second-order valence-corrected chi connectivity index (χ2v) is 6.56. The van der Waals surface area contributed by atoms with Gasteiger partial charge < -0.3 is 10.6 Å². The summed E-state index contributed by atoms with van der Waals surface area (Å²) in [6.07, 6.45) is 5.88. The standard InChI is InChI=1S/C20H23N3O2/c1-14-5-4-6-15(11-14)13-22-20(25)18-12-16(9-10-21-18)19(24)23-17-7-2-3-8-17/h4-6,9-12,17H,2-3,7-8,13H2,1H3,(H,22,25)(H,23,24). The van der Waals surface area contributed by atoms with Gasteiger partial charge in [0, 0.05) is 24.3 Å². The molecular formula is C20H23N3O2. The smallest absolute Gasteiger partial charge is 0.270 e. The van der Waals surface area contributed by atoms with Crippen LogP contribution in [0.2, 0.25) is 0 Å². The van der Waals surface area contributed by atoms with Crippen LogP contribution in [0.3, 0.4) is 0 Å². The molecule has 5 heteroatoms. The van der Waals surface area contributed by atoms with Crippen molar-refractivity contribution in [3.8, 4) is 0 Å². The molecule has 0 spiro atoms. The van der Waals surface area contributed by atoms with Crippen LogP contribution in [0.15, 0.2) is 42.6 Å². The maximum absolute atomic E-state index is 12.3. The predicted molar refractivity (Wildman–Crippen MR) is 96.3 cm³/mol. The lowest BCUT2D eigenvalue weighted by Crippen LogP contribution is -2.33. The zero-order valence-corrected chi connectivity index (χ0v) is 14.4. The molecule has 1 aliphatic carbocycles. The van der Waals surface area contributed by atoms with Crippen LogP contribution >= 0.6 is 0 Å². The van der Waals surface area contributed by atoms with Crippen molar-refractivity contribution in [2.75, 3.05) is 0 Å². The Morgan fingerprint density at radius 2 is 1.92 bits per heavy atom. The van der Waals surface area contributed by atoms with Crippen LogP contribution < -0.4 is 10.6 Å². The molecule has 2 aromatic rings. The van der Waals surface area contributed by atoms with Gasteiger partial charge in [-0.25, -0.2) is 0 Å². The van der Waals surface area contributed by atoms with E-state index in [0.717, 1.165) is 36.8 Å². The van der Waals surface area contributed by atoms with E-state index in [1.165, 1.54) is 6.20 Å². The quantitative estimate of drug-likeness (QED) is 0.881. The number of aromatic nitrogens is 1. The third-order valence-electron chi connectivity index (χ3n) is 4.48. The maximum Gasteiger partial charge on any atom is 0.270 e. The average molecular weight is 337 g/mol. The van der Waals surface area contributed by atoms with Gasteiger partial charge in [-0.2, -0.15) is 0 Å². The molecule has 1 saturated carbocycles. The Kier molecular flexibility index (Phi) is 5.43. The van der Waals surface area contributed by atoms with Crippen molar-refractivity contribution in [3.63, 3.8) is 0 Å². The van der Waals surface area contributed by atoms with Crippen LogP contribution in [0.5, 0.6) is 0 Å². The average Bonchev–Trinajstić information content (AvgIpc) is 3.13. The molecule has 0 saturated heterocycles. The molecule has 0 unspecified atom stereocenters. The summed E-state index contributed by atoms with van der Waals surface area (Å²) in [7, 11) is 0. The topological polar surface area (TPSA) is 71.1 Å². The molecule has 5 nitrogen and oxygen atoms in total. The Labute approximate surface area is 147 Å². The number of amides is 2. The van der Waals surface area contributed by atoms with Crippen molar-refractivity contribution < 1.29 is 9.59 Å². The van der Waals surface area contributed by atoms with Crippen molar-refractivity contribution in [1.82, 2.24) is 15.6 Å². The highest BCUT2D eigenvalue weighted by Gasteiger charge is 2.19. The second kappa shape index (κ2) is 7.92. The Morgan fingerprint density at radius 1 is 1.12 bits per heavy atom. The molecule has 2 N–H and O–H groups in total. The van der Waals surface area contributed by atoms with E-state index in [9.17, 15) is 9.59 Å². The first kappa shape index (κ1) is 17.1. The van der Waals surface area contributed by atoms with E-state index in [1.807, 2.05) is 31.2 Å². The molecule has 1 heterocycles. The van der Waals surface area contributed by atoms with E-state index in [1.54, 1.807) is 12.1 Å². The van der Waals surface area contributed by atoms with Gasteiger partial charge in [0.1, 0.15) is 5.69 Å². The van der Waals surface area contributed by atoms with Crippen LogP contribution in [-0.4, -0.2) is 22.8 Å². The summed E-state index contributed by atoms with van der Waals surface area (Å²) in [4.78, 5) is 28.7. The highest BCUT2D eigenvalue weighted by Crippen LogP contribution is 2.18. The number of nitrogens with one attached hydrogen (secondary N) is 2. The van der Waals surface area contributed by atoms with E-state index in [2.05, 4.69) is 15.6 Å². The fourth-order valence-corrected chi connectivity index (χ4v) is 3.13. The highest BCUT2D eigenvalue weighted by molar-refractivity contribution is 5.98. The van der Waals surface area contributed by atoms with Crippen LogP contribution in [-0.2, 0) is 6.54 Å². The number of carbonyl (C=O) groups is 2. The number of aryl methyl sites for hydroxylation is 1. The number of benzene rings is 1. The first-order valence-corrected chi connectivity index (χ1v) is 8.72. The van der Waals surface area contributed by atoms with Crippen molar-refractivity contribution in [3.05, 3.63) is 65.0 Å². The van der Waals surface area contributed by atoms with Crippen LogP contribution in [0.1, 0.15) is 57.7 Å². The summed E-state index contributed by atoms with van der Waals surface area (Å²) in [6.45, 7) is 2.44. The zero-order chi connectivity index (χ0) is 17.6. The highest BCUT2D eigenvalue weighted by atomic mass is 16.2. The second-order valence-electron chi connectivity index (χ2n) is 6.56. The van der Waals surface area contributed by atoms with Gasteiger partial charge in [-0.1, -0.05) is 42.7 Å². The zero-order valence-electron chi connectivity index (χ0n) is 14.4. The summed E-state index contributed by atoms with van der Waals surface area (Å²) in [5.41, 5.74) is 2.91. The molecule has 1 aliphatic rings. The first-order valence-electron chi connectivity index (χ1n) is 8.72. The number of carbonyl (C=O) groups excluding carboxylic acids is 2. The van der Waals surface area contributed by atoms with Crippen LogP contribution in [0, 0.1) is 6.92 Å². The molecule has 0 aliphatic heterocycles. The Morgan fingerprint density at radius 3 is 2.68 bits per heavy atom. The van der Waals surface area contributed by atoms with Gasteiger partial charge in [0.25, 0.3) is 11.8 Å². The molecule has 1 fully saturated rings. The lowest BCUT2D eigenvalue weighted by Gasteiger charge is -2.12. The minimum absolute atomic E-state index is 0.137. The van der Waals surface area contributed by atoms with Gasteiger partial charge in [-0.3, -0.25) is 14.6 Å². The predicted octanol–water partition coefficient (Wildman–Crippen LogP) is 2.99. The number of hydrogen-bond acceptors (Lipinski definition) is 3. The van der Waals surface area contributed by atoms with Gasteiger partial charge in [0.2, 0.25) is 0 Å². The fraction of sp³-hybridized carbons (Fsp3) is 0.350. The van der Waals surface area contributed by atoms with Crippen molar-refractivity contribution >= 4 is 11.8 Å². The Balaban J connectivity index is 1.61. The minimum atomic E-state index is -0.281. The Hall–Kier alpha value is -2.69. The minimum Gasteiger partial charge on any atom is -0.349 e. The number of pyridine rings is 1. The normalized spacial score (nSPS) is 14.3. The number of hydrogen-bond donors (Lipinski definition) is 2. The van der Waals surface area contributed by atoms with Gasteiger partial charge in [0.15, 0.2) is 0 Å². The fourth-order valence-electron chi connectivity index (χ4n) is 3.13. The van der Waals surface area contributed by atoms with Crippen LogP contribution in [0.4, 0.5) is 0 Å². The van der Waals surface area contributed by atoms with Crippen molar-refractivity contribution in [2.45, 2.75) is 45.2 Å². The van der Waals surface area contributed by atoms with E-state index >= 15 is 0 Å². The molecule has 130 valence electrons. The largest absolute Gasteiger partial charge is 0.349 e. The Bertz CT molecular complexity index is 767. The van der Waals surface area contributed by atoms with Gasteiger partial charge in [-0.15, -0.1) is 0 Å². The SMILES string of the molecule is Cc1cccc(CNC(=O)c2cc(C(=O)NC3CCCC3)ccn2)c1. The monoisotopic (exact) mass is 337 g/mol. The molecule has 0 bridgehead atoms. The van der Waals surface area contributed by atoms with Crippen molar-refractivity contribution in [1.29, 1.82) is 0 Å². The summed E-state index contributed by atoms with van der Waals surface area (Å²) in [5.74, 6) is -0.418. The summed E-state index contributed by atoms with van der Waals surface area (Å²) < 4.78 is 0. The third-order valence-corrected chi connectivity index (χ3v) is 4.48. The van der Waals surface area contributed by atoms with Crippen molar-refractivity contribution in [2.24, 2.45) is 0 Å². The molecule has 1 aromatic heterocycles. The van der Waals surface area contributed by atoms with Gasteiger partial charge >= 0.3 is 0 Å². The van der Waals surface area contributed by atoms with E-state index in [0.29, 0.717) is 12.1 Å². The van der Waals surface area contributed by atoms with E-state index in [4.69, 9.17) is 0 Å². The lowest BCUT2D eigenvalue weighted by molar-refractivity contribution is 0.0937. The maximum atomic E-state index is 12.3. The van der Waals surface area contributed by atoms with Gasteiger partial charge in [0.05, 0.1) is 0 Å². The first-order chi connectivity index (χ1) is 12.1.